The first-order valence-corrected chi connectivity index (χ1v) is 5.26. The molecule has 0 aliphatic rings. The molecule has 0 spiro atoms. The fourth-order valence-corrected chi connectivity index (χ4v) is 0. The summed E-state index contributed by atoms with van der Waals surface area (Å²) in [5, 5.41) is 0. The summed E-state index contributed by atoms with van der Waals surface area (Å²) in [4.78, 5) is 0. The first-order valence-electron chi connectivity index (χ1n) is 1.01. The van der Waals surface area contributed by atoms with Crippen LogP contribution < -0.4 is 33.7 Å². The molecule has 0 aromatic rings. The van der Waals surface area contributed by atoms with E-state index in [9.17, 15) is 7.84 Å². The van der Waals surface area contributed by atoms with Crippen LogP contribution in [-0.4, -0.2) is 18.3 Å². The van der Waals surface area contributed by atoms with Crippen LogP contribution in [0.25, 0.3) is 0 Å². The van der Waals surface area contributed by atoms with Gasteiger partial charge in [0.05, 0.1) is 0 Å². The molecule has 3 nitrogen and oxygen atoms in total. The standard InChI is InChI=1S/CH5AsO3.CH4.Na/c1-2(3,4)5;;/h1H3,(H2,3,4,5);1H4;/q;;+1/p-1. The van der Waals surface area contributed by atoms with E-state index >= 15 is 0 Å². The minimum absolute atomic E-state index is 0. The van der Waals surface area contributed by atoms with Crippen LogP contribution in [0.3, 0.4) is 0 Å². The molecule has 0 aromatic carbocycles. The number of hydrogen-bond donors (Lipinski definition) is 1. The SMILES string of the molecule is C.C[As](=O)([O-])O.[Na+]. The van der Waals surface area contributed by atoms with Crippen LogP contribution in [0, 0.1) is 0 Å². The Morgan fingerprint density at radius 2 is 1.71 bits per heavy atom. The summed E-state index contributed by atoms with van der Waals surface area (Å²) in [6, 6.07) is 0. The summed E-state index contributed by atoms with van der Waals surface area (Å²) < 4.78 is 26.1. The van der Waals surface area contributed by atoms with Crippen LogP contribution in [-0.2, 0) is 3.74 Å². The maximum Gasteiger partial charge on any atom is 1.00 e. The van der Waals surface area contributed by atoms with Crippen LogP contribution in [0.1, 0.15) is 7.43 Å². The third kappa shape index (κ3) is 124. The normalized spacial score (nSPS) is 15.3. The Hall–Kier alpha value is 1.28. The van der Waals surface area contributed by atoms with Crippen LogP contribution in [0.4, 0.5) is 0 Å². The minimum Gasteiger partial charge on any atom is 1.00 e. The molecule has 0 aliphatic heterocycles. The van der Waals surface area contributed by atoms with Gasteiger partial charge in [0.2, 0.25) is 0 Å². The maximum atomic E-state index is 9.28. The van der Waals surface area contributed by atoms with Crippen molar-refractivity contribution in [2.24, 2.45) is 0 Å². The molecule has 0 aliphatic carbocycles. The molecule has 0 bridgehead atoms. The van der Waals surface area contributed by atoms with Gasteiger partial charge in [0.1, 0.15) is 0 Å². The molecule has 0 rings (SSSR count). The van der Waals surface area contributed by atoms with E-state index in [1.807, 2.05) is 0 Å². The van der Waals surface area contributed by atoms with Crippen molar-refractivity contribution in [3.05, 3.63) is 0 Å². The molecular weight excluding hydrogens is 170 g/mol. The van der Waals surface area contributed by atoms with Gasteiger partial charge in [-0.3, -0.25) is 0 Å². The van der Waals surface area contributed by atoms with Crippen LogP contribution in [0.2, 0.25) is 5.71 Å². The van der Waals surface area contributed by atoms with E-state index in [1.54, 1.807) is 0 Å². The smallest absolute Gasteiger partial charge is 1.00 e. The van der Waals surface area contributed by atoms with E-state index in [1.165, 1.54) is 0 Å². The molecule has 0 heterocycles. The van der Waals surface area contributed by atoms with Crippen LogP contribution >= 0.6 is 0 Å². The second-order valence-corrected chi connectivity index (χ2v) is 4.17. The van der Waals surface area contributed by atoms with E-state index in [4.69, 9.17) is 4.10 Å². The van der Waals surface area contributed by atoms with Gasteiger partial charge >= 0.3 is 61.4 Å². The molecule has 0 amide bonds. The molecule has 7 heavy (non-hydrogen) atoms. The van der Waals surface area contributed by atoms with E-state index in [-0.39, 0.29) is 37.0 Å². The summed E-state index contributed by atoms with van der Waals surface area (Å²) in [6.45, 7) is 0. The molecule has 40 valence electrons. The number of rotatable bonds is 0. The van der Waals surface area contributed by atoms with Gasteiger partial charge in [-0.2, -0.15) is 0 Å². The molecule has 1 unspecified atom stereocenters. The fourth-order valence-electron chi connectivity index (χ4n) is 0. The summed E-state index contributed by atoms with van der Waals surface area (Å²) in [5.74, 6) is 0. The zero-order chi connectivity index (χ0) is 4.50. The Morgan fingerprint density at radius 3 is 1.71 bits per heavy atom. The van der Waals surface area contributed by atoms with Crippen molar-refractivity contribution in [2.75, 3.05) is 0 Å². The van der Waals surface area contributed by atoms with Gasteiger partial charge in [-0.25, -0.2) is 0 Å². The van der Waals surface area contributed by atoms with E-state index in [2.05, 4.69) is 0 Å². The largest absolute Gasteiger partial charge is 1.00 e. The van der Waals surface area contributed by atoms with Crippen LogP contribution in [0.5, 0.6) is 0 Å². The predicted molar refractivity (Wildman–Crippen MR) is 21.3 cm³/mol. The monoisotopic (exact) mass is 178 g/mol. The molecular formula is C2H8AsNaO3. The molecule has 0 saturated carbocycles. The fraction of sp³-hybridized carbons (Fsp3) is 1.00. The molecule has 0 saturated heterocycles. The summed E-state index contributed by atoms with van der Waals surface area (Å²) in [6.07, 6.45) is 0. The molecule has 1 N–H and O–H groups in total. The van der Waals surface area contributed by atoms with Crippen molar-refractivity contribution >= 4 is 14.2 Å². The van der Waals surface area contributed by atoms with E-state index in [0.29, 0.717) is 0 Å². The molecule has 5 heteroatoms. The Morgan fingerprint density at radius 1 is 1.71 bits per heavy atom. The van der Waals surface area contributed by atoms with Gasteiger partial charge < -0.3 is 0 Å². The van der Waals surface area contributed by atoms with E-state index < -0.39 is 14.2 Å². The molecule has 0 radical (unpaired) electrons. The number of hydrogen-bond acceptors (Lipinski definition) is 2. The van der Waals surface area contributed by atoms with Gasteiger partial charge in [0.15, 0.2) is 0 Å². The minimum atomic E-state index is -4.38. The first kappa shape index (κ1) is 15.7. The third-order valence-electron chi connectivity index (χ3n) is 0. The molecule has 1 atom stereocenters. The van der Waals surface area contributed by atoms with Gasteiger partial charge in [-0.05, 0) is 0 Å². The van der Waals surface area contributed by atoms with Gasteiger partial charge in [-0.1, -0.05) is 7.43 Å². The predicted octanol–water partition coefficient (Wildman–Crippen LogP) is -4.02. The Bertz CT molecular complexity index is 59.1. The third-order valence-corrected chi connectivity index (χ3v) is 0. The maximum absolute atomic E-state index is 9.28. The summed E-state index contributed by atoms with van der Waals surface area (Å²) >= 11 is -4.38. The second kappa shape index (κ2) is 5.42. The summed E-state index contributed by atoms with van der Waals surface area (Å²) in [5.41, 5.74) is 0.804. The van der Waals surface area contributed by atoms with Crippen molar-refractivity contribution in [1.29, 1.82) is 0 Å². The topological polar surface area (TPSA) is 60.4 Å². The van der Waals surface area contributed by atoms with Gasteiger partial charge in [-0.15, -0.1) is 0 Å². The van der Waals surface area contributed by atoms with Gasteiger partial charge in [0.25, 0.3) is 0 Å². The molecule has 0 fully saturated rings. The summed E-state index contributed by atoms with van der Waals surface area (Å²) in [7, 11) is 0. The van der Waals surface area contributed by atoms with Crippen LogP contribution in [0.15, 0.2) is 0 Å². The van der Waals surface area contributed by atoms with E-state index in [0.717, 1.165) is 5.71 Å². The Labute approximate surface area is 68.4 Å². The van der Waals surface area contributed by atoms with Crippen molar-refractivity contribution in [3.63, 3.8) is 0 Å². The van der Waals surface area contributed by atoms with Gasteiger partial charge in [0, 0.05) is 0 Å². The zero-order valence-electron chi connectivity index (χ0n) is 3.71. The van der Waals surface area contributed by atoms with Crippen molar-refractivity contribution < 1.29 is 41.5 Å². The second-order valence-electron chi connectivity index (χ2n) is 0.803. The van der Waals surface area contributed by atoms with Crippen molar-refractivity contribution in [2.45, 2.75) is 13.1 Å². The average molecular weight is 178 g/mol. The zero-order valence-corrected chi connectivity index (χ0v) is 7.59. The molecule has 0 aromatic heterocycles. The first-order chi connectivity index (χ1) is 2.00. The van der Waals surface area contributed by atoms with Crippen molar-refractivity contribution in [3.8, 4) is 0 Å². The van der Waals surface area contributed by atoms with Crippen molar-refractivity contribution in [1.82, 2.24) is 0 Å². The Balaban J connectivity index is -0.0000000800. The quantitative estimate of drug-likeness (QED) is 0.384. The average Bonchev–Trinajstić information content (AvgIpc) is 0.722. The Kier molecular flexibility index (Phi) is 12.2.